The fourth-order valence-corrected chi connectivity index (χ4v) is 4.26. The average molecular weight is 497 g/mol. The van der Waals surface area contributed by atoms with Crippen LogP contribution in [0.3, 0.4) is 0 Å². The number of pyridine rings is 1. The van der Waals surface area contributed by atoms with E-state index in [9.17, 15) is 9.59 Å². The highest BCUT2D eigenvalue weighted by atomic mass is 16.5. The molecule has 0 amide bonds. The maximum absolute atomic E-state index is 13.2. The summed E-state index contributed by atoms with van der Waals surface area (Å²) >= 11 is 0. The number of rotatable bonds is 9. The number of aryl methyl sites for hydroxylation is 1. The number of hydrogen-bond acceptors (Lipinski definition) is 8. The number of aromatic nitrogens is 4. The zero-order valence-corrected chi connectivity index (χ0v) is 21.3. The lowest BCUT2D eigenvalue weighted by Crippen LogP contribution is -2.33. The summed E-state index contributed by atoms with van der Waals surface area (Å²) in [5.74, 6) is 0.108. The van der Waals surface area contributed by atoms with Crippen molar-refractivity contribution in [2.45, 2.75) is 58.9 Å². The SMILES string of the molecule is CCOC(=O)c1cn2c(c(OC)c1=O)-c1ccc(OCCCn3cncn3)cc1CC2OC(C)(C)C. The summed E-state index contributed by atoms with van der Waals surface area (Å²) in [5.41, 5.74) is 1.26. The number of benzene rings is 1. The molecular formula is C26H32N4O6. The van der Waals surface area contributed by atoms with Crippen LogP contribution in [-0.4, -0.2) is 51.2 Å². The van der Waals surface area contributed by atoms with Crippen LogP contribution >= 0.6 is 0 Å². The zero-order valence-electron chi connectivity index (χ0n) is 21.3. The van der Waals surface area contributed by atoms with Gasteiger partial charge >= 0.3 is 5.97 Å². The first-order valence-corrected chi connectivity index (χ1v) is 12.0. The first kappa shape index (κ1) is 25.4. The van der Waals surface area contributed by atoms with Crippen LogP contribution in [0.25, 0.3) is 11.3 Å². The second-order valence-electron chi connectivity index (χ2n) is 9.45. The third-order valence-corrected chi connectivity index (χ3v) is 5.68. The van der Waals surface area contributed by atoms with Gasteiger partial charge in [0.15, 0.2) is 5.75 Å². The number of nitrogens with zero attached hydrogens (tertiary/aromatic N) is 4. The van der Waals surface area contributed by atoms with Gasteiger partial charge in [0.05, 0.1) is 31.6 Å². The lowest BCUT2D eigenvalue weighted by atomic mass is 9.94. The Morgan fingerprint density at radius 3 is 2.72 bits per heavy atom. The van der Waals surface area contributed by atoms with E-state index in [0.717, 1.165) is 23.3 Å². The van der Waals surface area contributed by atoms with Crippen molar-refractivity contribution in [1.82, 2.24) is 19.3 Å². The monoisotopic (exact) mass is 496 g/mol. The van der Waals surface area contributed by atoms with Crippen LogP contribution in [0, 0.1) is 0 Å². The third-order valence-electron chi connectivity index (χ3n) is 5.68. The molecule has 1 unspecified atom stereocenters. The lowest BCUT2D eigenvalue weighted by Gasteiger charge is -2.35. The van der Waals surface area contributed by atoms with Crippen molar-refractivity contribution in [2.75, 3.05) is 20.3 Å². The minimum atomic E-state index is -0.689. The first-order chi connectivity index (χ1) is 17.2. The second-order valence-corrected chi connectivity index (χ2v) is 9.45. The Morgan fingerprint density at radius 2 is 2.06 bits per heavy atom. The predicted molar refractivity (Wildman–Crippen MR) is 132 cm³/mol. The first-order valence-electron chi connectivity index (χ1n) is 12.0. The molecule has 1 aliphatic rings. The summed E-state index contributed by atoms with van der Waals surface area (Å²) in [6, 6.07) is 5.75. The summed E-state index contributed by atoms with van der Waals surface area (Å²) in [5, 5.41) is 4.10. The molecule has 3 aromatic rings. The third kappa shape index (κ3) is 5.43. The fourth-order valence-electron chi connectivity index (χ4n) is 4.26. The average Bonchev–Trinajstić information content (AvgIpc) is 3.34. The number of carbonyl (C=O) groups excluding carboxylic acids is 1. The van der Waals surface area contributed by atoms with E-state index in [1.165, 1.54) is 19.6 Å². The Morgan fingerprint density at radius 1 is 1.25 bits per heavy atom. The van der Waals surface area contributed by atoms with Crippen LogP contribution < -0.4 is 14.9 Å². The van der Waals surface area contributed by atoms with E-state index in [4.69, 9.17) is 18.9 Å². The Bertz CT molecular complexity index is 1280. The van der Waals surface area contributed by atoms with E-state index in [1.54, 1.807) is 22.5 Å². The molecule has 1 aromatic carbocycles. The molecule has 0 fully saturated rings. The predicted octanol–water partition coefficient (Wildman–Crippen LogP) is 3.63. The molecule has 36 heavy (non-hydrogen) atoms. The van der Waals surface area contributed by atoms with Crippen LogP contribution in [0.1, 0.15) is 56.3 Å². The Labute approximate surface area is 209 Å². The molecule has 10 heteroatoms. The molecule has 3 heterocycles. The van der Waals surface area contributed by atoms with E-state index in [1.807, 2.05) is 39.0 Å². The number of esters is 1. The fraction of sp³-hybridized carbons (Fsp3) is 0.462. The van der Waals surface area contributed by atoms with Gasteiger partial charge in [-0.1, -0.05) is 0 Å². The molecule has 0 aliphatic carbocycles. The van der Waals surface area contributed by atoms with Gasteiger partial charge in [-0.3, -0.25) is 9.48 Å². The summed E-state index contributed by atoms with van der Waals surface area (Å²) in [6.45, 7) is 8.97. The Hall–Kier alpha value is -3.66. The smallest absolute Gasteiger partial charge is 0.343 e. The van der Waals surface area contributed by atoms with Gasteiger partial charge in [-0.15, -0.1) is 0 Å². The van der Waals surface area contributed by atoms with Crippen molar-refractivity contribution in [1.29, 1.82) is 0 Å². The van der Waals surface area contributed by atoms with Crippen molar-refractivity contribution < 1.29 is 23.7 Å². The van der Waals surface area contributed by atoms with Gasteiger partial charge in [-0.05, 0) is 51.5 Å². The molecule has 4 rings (SSSR count). The van der Waals surface area contributed by atoms with Gasteiger partial charge in [-0.25, -0.2) is 9.78 Å². The highest BCUT2D eigenvalue weighted by molar-refractivity contribution is 5.90. The van der Waals surface area contributed by atoms with E-state index >= 15 is 0 Å². The van der Waals surface area contributed by atoms with E-state index in [0.29, 0.717) is 25.3 Å². The summed E-state index contributed by atoms with van der Waals surface area (Å²) in [4.78, 5) is 29.7. The molecule has 192 valence electrons. The van der Waals surface area contributed by atoms with Crippen molar-refractivity contribution in [2.24, 2.45) is 0 Å². The van der Waals surface area contributed by atoms with Crippen molar-refractivity contribution in [3.05, 3.63) is 58.4 Å². The van der Waals surface area contributed by atoms with Crippen molar-refractivity contribution >= 4 is 5.97 Å². The largest absolute Gasteiger partial charge is 0.494 e. The van der Waals surface area contributed by atoms with Crippen molar-refractivity contribution in [3.63, 3.8) is 0 Å². The molecule has 10 nitrogen and oxygen atoms in total. The van der Waals surface area contributed by atoms with E-state index in [-0.39, 0.29) is 17.9 Å². The van der Waals surface area contributed by atoms with E-state index in [2.05, 4.69) is 10.1 Å². The van der Waals surface area contributed by atoms with Gasteiger partial charge in [-0.2, -0.15) is 5.10 Å². The Balaban J connectivity index is 1.70. The van der Waals surface area contributed by atoms with Crippen LogP contribution in [-0.2, 0) is 22.4 Å². The van der Waals surface area contributed by atoms with Gasteiger partial charge < -0.3 is 23.5 Å². The highest BCUT2D eigenvalue weighted by Gasteiger charge is 2.33. The molecule has 0 saturated heterocycles. The van der Waals surface area contributed by atoms with Crippen LogP contribution in [0.15, 0.2) is 41.8 Å². The lowest BCUT2D eigenvalue weighted by molar-refractivity contribution is -0.0966. The van der Waals surface area contributed by atoms with Gasteiger partial charge in [0.25, 0.3) is 0 Å². The molecule has 0 spiro atoms. The van der Waals surface area contributed by atoms with Crippen LogP contribution in [0.4, 0.5) is 0 Å². The van der Waals surface area contributed by atoms with Gasteiger partial charge in [0.1, 0.15) is 30.2 Å². The molecule has 0 saturated carbocycles. The van der Waals surface area contributed by atoms with Gasteiger partial charge in [0.2, 0.25) is 5.43 Å². The summed E-state index contributed by atoms with van der Waals surface area (Å²) in [7, 11) is 1.42. The van der Waals surface area contributed by atoms with E-state index < -0.39 is 23.2 Å². The molecule has 1 aliphatic heterocycles. The number of ether oxygens (including phenoxy) is 4. The summed E-state index contributed by atoms with van der Waals surface area (Å²) < 4.78 is 26.6. The second kappa shape index (κ2) is 10.5. The zero-order chi connectivity index (χ0) is 25.9. The minimum absolute atomic E-state index is 0.0745. The summed E-state index contributed by atoms with van der Waals surface area (Å²) in [6.07, 6.45) is 5.52. The number of fused-ring (bicyclic) bond motifs is 3. The minimum Gasteiger partial charge on any atom is -0.494 e. The highest BCUT2D eigenvalue weighted by Crippen LogP contribution is 2.41. The molecule has 0 N–H and O–H groups in total. The molecule has 2 aromatic heterocycles. The standard InChI is InChI=1S/C26H32N4O6/c1-6-34-25(32)20-14-30-21(36-26(2,3)4)13-17-12-18(35-11-7-10-29-16-27-15-28-29)8-9-19(17)22(30)24(33-5)23(20)31/h8-9,12,14-16,21H,6-7,10-11,13H2,1-5H3. The number of carbonyl (C=O) groups is 1. The topological polar surface area (TPSA) is 107 Å². The molecule has 1 atom stereocenters. The molecular weight excluding hydrogens is 464 g/mol. The Kier molecular flexibility index (Phi) is 7.44. The quantitative estimate of drug-likeness (QED) is 0.327. The maximum atomic E-state index is 13.2. The molecule has 0 bridgehead atoms. The number of hydrogen-bond donors (Lipinski definition) is 0. The van der Waals surface area contributed by atoms with Gasteiger partial charge in [0, 0.05) is 31.1 Å². The van der Waals surface area contributed by atoms with Crippen molar-refractivity contribution in [3.8, 4) is 22.8 Å². The number of methoxy groups -OCH3 is 1. The molecule has 0 radical (unpaired) electrons. The van der Waals surface area contributed by atoms with Crippen LogP contribution in [0.5, 0.6) is 11.5 Å². The normalized spacial score (nSPS) is 14.6. The maximum Gasteiger partial charge on any atom is 0.343 e. The van der Waals surface area contributed by atoms with Crippen LogP contribution in [0.2, 0.25) is 0 Å².